The van der Waals surface area contributed by atoms with Crippen LogP contribution in [0.1, 0.15) is 0 Å². The van der Waals surface area contributed by atoms with Crippen LogP contribution in [0.2, 0.25) is 0 Å². The molecule has 0 bridgehead atoms. The van der Waals surface area contributed by atoms with Gasteiger partial charge in [-0.3, -0.25) is 4.68 Å². The Balaban J connectivity index is 2.05. The van der Waals surface area contributed by atoms with Gasteiger partial charge in [0, 0.05) is 22.9 Å². The zero-order valence-electron chi connectivity index (χ0n) is 9.82. The molecule has 0 aliphatic carbocycles. The lowest BCUT2D eigenvalue weighted by Crippen LogP contribution is -2.27. The van der Waals surface area contributed by atoms with E-state index in [4.69, 9.17) is 5.73 Å². The summed E-state index contributed by atoms with van der Waals surface area (Å²) < 4.78 is 28.6. The van der Waals surface area contributed by atoms with Crippen LogP contribution >= 0.6 is 15.9 Å². The van der Waals surface area contributed by atoms with E-state index in [0.29, 0.717) is 16.7 Å². The fraction of sp³-hybridized carbons (Fsp3) is 0.200. The maximum absolute atomic E-state index is 12.1. The summed E-state index contributed by atoms with van der Waals surface area (Å²) in [4.78, 5) is 0.153. The van der Waals surface area contributed by atoms with E-state index in [1.807, 2.05) is 0 Å². The van der Waals surface area contributed by atoms with Crippen molar-refractivity contribution in [2.75, 3.05) is 12.3 Å². The van der Waals surface area contributed by atoms with E-state index in [-0.39, 0.29) is 11.4 Å². The molecule has 102 valence electrons. The molecule has 7 nitrogen and oxygen atoms in total. The molecule has 2 aromatic rings. The van der Waals surface area contributed by atoms with Gasteiger partial charge in [0.25, 0.3) is 0 Å². The van der Waals surface area contributed by atoms with Gasteiger partial charge in [-0.25, -0.2) is 13.1 Å². The predicted octanol–water partition coefficient (Wildman–Crippen LogP) is 0.601. The molecule has 0 saturated heterocycles. The topological polar surface area (TPSA) is 103 Å². The number of rotatable bonds is 5. The Hall–Kier alpha value is -1.45. The molecule has 19 heavy (non-hydrogen) atoms. The van der Waals surface area contributed by atoms with Crippen molar-refractivity contribution in [1.29, 1.82) is 0 Å². The Morgan fingerprint density at radius 1 is 1.42 bits per heavy atom. The Morgan fingerprint density at radius 2 is 2.21 bits per heavy atom. The third kappa shape index (κ3) is 3.52. The van der Waals surface area contributed by atoms with Gasteiger partial charge in [0.05, 0.1) is 17.6 Å². The van der Waals surface area contributed by atoms with Crippen molar-refractivity contribution < 1.29 is 8.42 Å². The molecule has 1 heterocycles. The number of hydrogen-bond donors (Lipinski definition) is 2. The lowest BCUT2D eigenvalue weighted by atomic mass is 10.3. The van der Waals surface area contributed by atoms with E-state index >= 15 is 0 Å². The smallest absolute Gasteiger partial charge is 0.241 e. The van der Waals surface area contributed by atoms with Crippen molar-refractivity contribution in [2.24, 2.45) is 0 Å². The molecule has 0 amide bonds. The van der Waals surface area contributed by atoms with Crippen LogP contribution in [-0.2, 0) is 16.6 Å². The summed E-state index contributed by atoms with van der Waals surface area (Å²) >= 11 is 3.19. The molecule has 2 rings (SSSR count). The molecule has 0 saturated carbocycles. The highest BCUT2D eigenvalue weighted by Crippen LogP contribution is 2.23. The van der Waals surface area contributed by atoms with Gasteiger partial charge in [-0.1, -0.05) is 5.21 Å². The zero-order valence-corrected chi connectivity index (χ0v) is 12.2. The van der Waals surface area contributed by atoms with Gasteiger partial charge < -0.3 is 5.73 Å². The SMILES string of the molecule is Nc1ccc(S(=O)(=O)NCCn2ccnn2)c(Br)c1. The molecular formula is C10H12BrN5O2S. The largest absolute Gasteiger partial charge is 0.399 e. The lowest BCUT2D eigenvalue weighted by molar-refractivity contribution is 0.552. The van der Waals surface area contributed by atoms with Crippen molar-refractivity contribution >= 4 is 31.6 Å². The average Bonchev–Trinajstić information content (AvgIpc) is 2.81. The van der Waals surface area contributed by atoms with E-state index in [1.165, 1.54) is 18.3 Å². The normalized spacial score (nSPS) is 11.6. The molecule has 0 aliphatic heterocycles. The van der Waals surface area contributed by atoms with Crippen molar-refractivity contribution in [3.05, 3.63) is 35.1 Å². The number of nitrogen functional groups attached to an aromatic ring is 1. The van der Waals surface area contributed by atoms with E-state index in [1.54, 1.807) is 16.9 Å². The van der Waals surface area contributed by atoms with Crippen molar-refractivity contribution in [1.82, 2.24) is 19.7 Å². The molecule has 1 aromatic carbocycles. The van der Waals surface area contributed by atoms with Gasteiger partial charge >= 0.3 is 0 Å². The average molecular weight is 346 g/mol. The first kappa shape index (κ1) is 14.0. The molecule has 0 fully saturated rings. The van der Waals surface area contributed by atoms with Gasteiger partial charge in [-0.2, -0.15) is 0 Å². The van der Waals surface area contributed by atoms with E-state index in [9.17, 15) is 8.42 Å². The summed E-state index contributed by atoms with van der Waals surface area (Å²) in [6, 6.07) is 4.54. The van der Waals surface area contributed by atoms with Crippen LogP contribution in [0.4, 0.5) is 5.69 Å². The number of benzene rings is 1. The summed E-state index contributed by atoms with van der Waals surface area (Å²) in [6.07, 6.45) is 3.19. The molecule has 0 unspecified atom stereocenters. The van der Waals surface area contributed by atoms with E-state index in [2.05, 4.69) is 31.0 Å². The van der Waals surface area contributed by atoms with Crippen molar-refractivity contribution in [3.63, 3.8) is 0 Å². The van der Waals surface area contributed by atoms with Gasteiger partial charge in [0.2, 0.25) is 10.0 Å². The van der Waals surface area contributed by atoms with Crippen LogP contribution in [0, 0.1) is 0 Å². The third-order valence-corrected chi connectivity index (χ3v) is 4.79. The molecule has 9 heteroatoms. The van der Waals surface area contributed by atoms with Crippen LogP contribution in [0.5, 0.6) is 0 Å². The Labute approximate surface area is 119 Å². The minimum Gasteiger partial charge on any atom is -0.399 e. The Morgan fingerprint density at radius 3 is 2.84 bits per heavy atom. The number of aromatic nitrogens is 3. The van der Waals surface area contributed by atoms with Gasteiger partial charge in [0.15, 0.2) is 0 Å². The van der Waals surface area contributed by atoms with Gasteiger partial charge in [-0.05, 0) is 34.1 Å². The Kier molecular flexibility index (Phi) is 4.17. The van der Waals surface area contributed by atoms with Crippen LogP contribution < -0.4 is 10.5 Å². The molecule has 0 aliphatic rings. The zero-order chi connectivity index (χ0) is 13.9. The highest BCUT2D eigenvalue weighted by atomic mass is 79.9. The monoisotopic (exact) mass is 345 g/mol. The quantitative estimate of drug-likeness (QED) is 0.772. The number of sulfonamides is 1. The number of halogens is 1. The standard InChI is InChI=1S/C10H12BrN5O2S/c11-9-7-8(12)1-2-10(9)19(17,18)14-4-6-16-5-3-13-15-16/h1-3,5,7,14H,4,6,12H2. The number of nitrogens with two attached hydrogens (primary N) is 1. The Bertz CT molecular complexity index is 657. The number of hydrogen-bond acceptors (Lipinski definition) is 5. The second kappa shape index (κ2) is 5.68. The fourth-order valence-electron chi connectivity index (χ4n) is 1.46. The predicted molar refractivity (Wildman–Crippen MR) is 73.8 cm³/mol. The van der Waals surface area contributed by atoms with Crippen molar-refractivity contribution in [2.45, 2.75) is 11.4 Å². The second-order valence-electron chi connectivity index (χ2n) is 3.75. The second-order valence-corrected chi connectivity index (χ2v) is 6.34. The minimum absolute atomic E-state index is 0.153. The summed E-state index contributed by atoms with van der Waals surface area (Å²) in [5, 5.41) is 7.38. The van der Waals surface area contributed by atoms with Gasteiger partial charge in [-0.15, -0.1) is 5.10 Å². The van der Waals surface area contributed by atoms with E-state index in [0.717, 1.165) is 0 Å². The first-order valence-electron chi connectivity index (χ1n) is 5.38. The minimum atomic E-state index is -3.57. The van der Waals surface area contributed by atoms with Crippen LogP contribution in [0.3, 0.4) is 0 Å². The molecule has 1 aromatic heterocycles. The summed E-state index contributed by atoms with van der Waals surface area (Å²) in [5.74, 6) is 0. The summed E-state index contributed by atoms with van der Waals surface area (Å²) in [5.41, 5.74) is 6.07. The lowest BCUT2D eigenvalue weighted by Gasteiger charge is -2.08. The third-order valence-electron chi connectivity index (χ3n) is 2.35. The van der Waals surface area contributed by atoms with Gasteiger partial charge in [0.1, 0.15) is 0 Å². The molecule has 0 spiro atoms. The first-order chi connectivity index (χ1) is 8.99. The fourth-order valence-corrected chi connectivity index (χ4v) is 3.57. The molecular weight excluding hydrogens is 334 g/mol. The number of nitrogens with zero attached hydrogens (tertiary/aromatic N) is 3. The van der Waals surface area contributed by atoms with Crippen LogP contribution in [0.25, 0.3) is 0 Å². The molecule has 3 N–H and O–H groups in total. The maximum atomic E-state index is 12.1. The highest BCUT2D eigenvalue weighted by molar-refractivity contribution is 9.10. The number of anilines is 1. The molecule has 0 atom stereocenters. The first-order valence-corrected chi connectivity index (χ1v) is 7.65. The van der Waals surface area contributed by atoms with Crippen molar-refractivity contribution in [3.8, 4) is 0 Å². The maximum Gasteiger partial charge on any atom is 0.241 e. The van der Waals surface area contributed by atoms with Crippen LogP contribution in [-0.4, -0.2) is 30.0 Å². The summed E-state index contributed by atoms with van der Waals surface area (Å²) in [7, 11) is -3.57. The highest BCUT2D eigenvalue weighted by Gasteiger charge is 2.16. The number of nitrogens with one attached hydrogen (secondary N) is 1. The van der Waals surface area contributed by atoms with Crippen LogP contribution in [0.15, 0.2) is 40.0 Å². The van der Waals surface area contributed by atoms with E-state index < -0.39 is 10.0 Å². The molecule has 0 radical (unpaired) electrons. The summed E-state index contributed by atoms with van der Waals surface area (Å²) in [6.45, 7) is 0.633.